The van der Waals surface area contributed by atoms with Gasteiger partial charge in [0.25, 0.3) is 0 Å². The first-order valence-corrected chi connectivity index (χ1v) is 7.16. The summed E-state index contributed by atoms with van der Waals surface area (Å²) in [5.41, 5.74) is 0. The second kappa shape index (κ2) is 6.73. The molecule has 0 saturated carbocycles. The molecule has 0 unspecified atom stereocenters. The van der Waals surface area contributed by atoms with Crippen LogP contribution in [0.1, 0.15) is 6.42 Å². The fourth-order valence-electron chi connectivity index (χ4n) is 1.07. The highest BCUT2D eigenvalue weighted by Crippen LogP contribution is 2.13. The predicted octanol–water partition coefficient (Wildman–Crippen LogP) is 1.67. The van der Waals surface area contributed by atoms with Gasteiger partial charge in [0.05, 0.1) is 12.9 Å². The SMILES string of the molecule is C=COCCCNS(=O)(=O)c1cncc(Br)c1. The average Bonchev–Trinajstić information content (AvgIpc) is 2.29. The normalized spacial score (nSPS) is 11.1. The van der Waals surface area contributed by atoms with Gasteiger partial charge in [0.1, 0.15) is 4.90 Å². The first-order chi connectivity index (χ1) is 8.06. The molecule has 0 aromatic carbocycles. The van der Waals surface area contributed by atoms with E-state index in [0.29, 0.717) is 24.0 Å². The molecule has 0 aliphatic rings. The lowest BCUT2D eigenvalue weighted by atomic mass is 10.5. The molecule has 0 bridgehead atoms. The summed E-state index contributed by atoms with van der Waals surface area (Å²) >= 11 is 3.17. The van der Waals surface area contributed by atoms with E-state index in [0.717, 1.165) is 0 Å². The minimum atomic E-state index is -3.49. The zero-order chi connectivity index (χ0) is 12.7. The van der Waals surface area contributed by atoms with E-state index in [-0.39, 0.29) is 4.90 Å². The van der Waals surface area contributed by atoms with E-state index in [1.54, 1.807) is 0 Å². The highest BCUT2D eigenvalue weighted by molar-refractivity contribution is 9.10. The second-order valence-electron chi connectivity index (χ2n) is 3.13. The lowest BCUT2D eigenvalue weighted by molar-refractivity contribution is 0.247. The summed E-state index contributed by atoms with van der Waals surface area (Å²) in [6.45, 7) is 4.13. The zero-order valence-corrected chi connectivity index (χ0v) is 11.5. The molecular weight excluding hydrogens is 308 g/mol. The van der Waals surface area contributed by atoms with Gasteiger partial charge in [-0.25, -0.2) is 13.1 Å². The highest BCUT2D eigenvalue weighted by Gasteiger charge is 2.13. The summed E-state index contributed by atoms with van der Waals surface area (Å²) in [6, 6.07) is 1.50. The van der Waals surface area contributed by atoms with Gasteiger partial charge in [0.15, 0.2) is 0 Å². The molecule has 0 atom stereocenters. The summed E-state index contributed by atoms with van der Waals surface area (Å²) < 4.78 is 31.5. The van der Waals surface area contributed by atoms with E-state index in [1.807, 2.05) is 0 Å². The van der Waals surface area contributed by atoms with Crippen LogP contribution in [0.2, 0.25) is 0 Å². The molecule has 1 aromatic rings. The maximum atomic E-state index is 11.8. The Balaban J connectivity index is 2.54. The quantitative estimate of drug-likeness (QED) is 0.613. The number of aromatic nitrogens is 1. The number of ether oxygens (including phenoxy) is 1. The van der Waals surface area contributed by atoms with Crippen molar-refractivity contribution in [3.05, 3.63) is 35.8 Å². The number of hydrogen-bond donors (Lipinski definition) is 1. The van der Waals surface area contributed by atoms with Crippen molar-refractivity contribution in [1.82, 2.24) is 9.71 Å². The Labute approximate surface area is 109 Å². The molecule has 0 fully saturated rings. The second-order valence-corrected chi connectivity index (χ2v) is 5.81. The van der Waals surface area contributed by atoms with E-state index in [4.69, 9.17) is 4.74 Å². The van der Waals surface area contributed by atoms with Gasteiger partial charge in [-0.3, -0.25) is 4.98 Å². The summed E-state index contributed by atoms with van der Waals surface area (Å²) in [7, 11) is -3.49. The van der Waals surface area contributed by atoms with Crippen molar-refractivity contribution >= 4 is 26.0 Å². The van der Waals surface area contributed by atoms with Crippen LogP contribution in [0, 0.1) is 0 Å². The van der Waals surface area contributed by atoms with Crippen molar-refractivity contribution < 1.29 is 13.2 Å². The van der Waals surface area contributed by atoms with Crippen molar-refractivity contribution in [2.24, 2.45) is 0 Å². The van der Waals surface area contributed by atoms with E-state index in [2.05, 4.69) is 32.2 Å². The molecule has 94 valence electrons. The number of sulfonamides is 1. The molecule has 1 heterocycles. The molecule has 1 aromatic heterocycles. The lowest BCUT2D eigenvalue weighted by Crippen LogP contribution is -2.25. The van der Waals surface area contributed by atoms with Crippen LogP contribution in [0.25, 0.3) is 0 Å². The van der Waals surface area contributed by atoms with Crippen LogP contribution in [0.15, 0.2) is 40.7 Å². The molecule has 5 nitrogen and oxygen atoms in total. The zero-order valence-electron chi connectivity index (χ0n) is 9.10. The Kier molecular flexibility index (Phi) is 5.60. The van der Waals surface area contributed by atoms with E-state index in [9.17, 15) is 8.42 Å². The van der Waals surface area contributed by atoms with Gasteiger partial charge in [-0.05, 0) is 28.4 Å². The third kappa shape index (κ3) is 4.84. The first kappa shape index (κ1) is 14.1. The van der Waals surface area contributed by atoms with Crippen LogP contribution >= 0.6 is 15.9 Å². The lowest BCUT2D eigenvalue weighted by Gasteiger charge is -2.06. The maximum Gasteiger partial charge on any atom is 0.242 e. The summed E-state index contributed by atoms with van der Waals surface area (Å²) in [5.74, 6) is 0. The largest absolute Gasteiger partial charge is 0.502 e. The van der Waals surface area contributed by atoms with Gasteiger partial charge >= 0.3 is 0 Å². The monoisotopic (exact) mass is 320 g/mol. The fraction of sp³-hybridized carbons (Fsp3) is 0.300. The molecule has 0 amide bonds. The van der Waals surface area contributed by atoms with Crippen LogP contribution in [0.5, 0.6) is 0 Å². The van der Waals surface area contributed by atoms with Crippen LogP contribution in [-0.4, -0.2) is 26.6 Å². The molecule has 1 N–H and O–H groups in total. The van der Waals surface area contributed by atoms with Crippen LogP contribution in [0.4, 0.5) is 0 Å². The van der Waals surface area contributed by atoms with Crippen molar-refractivity contribution in [1.29, 1.82) is 0 Å². The van der Waals surface area contributed by atoms with Crippen LogP contribution in [0.3, 0.4) is 0 Å². The predicted molar refractivity (Wildman–Crippen MR) is 67.9 cm³/mol. The van der Waals surface area contributed by atoms with Crippen molar-refractivity contribution in [3.8, 4) is 0 Å². The van der Waals surface area contributed by atoms with Gasteiger partial charge in [-0.15, -0.1) is 0 Å². The Morgan fingerprint density at radius 3 is 2.94 bits per heavy atom. The third-order valence-electron chi connectivity index (χ3n) is 1.84. The van der Waals surface area contributed by atoms with Gasteiger partial charge < -0.3 is 4.74 Å². The summed E-state index contributed by atoms with van der Waals surface area (Å²) in [5, 5.41) is 0. The molecule has 0 saturated heterocycles. The average molecular weight is 321 g/mol. The first-order valence-electron chi connectivity index (χ1n) is 4.89. The van der Waals surface area contributed by atoms with E-state index in [1.165, 1.54) is 24.7 Å². The van der Waals surface area contributed by atoms with E-state index >= 15 is 0 Å². The van der Waals surface area contributed by atoms with Gasteiger partial charge in [0.2, 0.25) is 10.0 Å². The Morgan fingerprint density at radius 1 is 1.53 bits per heavy atom. The van der Waals surface area contributed by atoms with Crippen LogP contribution < -0.4 is 4.72 Å². The Hall–Kier alpha value is -0.920. The van der Waals surface area contributed by atoms with Crippen molar-refractivity contribution in [2.45, 2.75) is 11.3 Å². The summed E-state index contributed by atoms with van der Waals surface area (Å²) in [4.78, 5) is 3.94. The molecule has 7 heteroatoms. The van der Waals surface area contributed by atoms with Crippen LogP contribution in [-0.2, 0) is 14.8 Å². The molecule has 1 rings (SSSR count). The minimum absolute atomic E-state index is 0.136. The minimum Gasteiger partial charge on any atom is -0.502 e. The number of rotatable bonds is 7. The number of halogens is 1. The topological polar surface area (TPSA) is 68.3 Å². The fourth-order valence-corrected chi connectivity index (χ4v) is 2.65. The molecule has 0 spiro atoms. The highest BCUT2D eigenvalue weighted by atomic mass is 79.9. The molecular formula is C10H13BrN2O3S. The summed E-state index contributed by atoms with van der Waals surface area (Å²) in [6.07, 6.45) is 4.73. The molecule has 0 radical (unpaired) electrons. The third-order valence-corrected chi connectivity index (χ3v) is 3.70. The number of hydrogen-bond acceptors (Lipinski definition) is 4. The van der Waals surface area contributed by atoms with Gasteiger partial charge in [-0.1, -0.05) is 6.58 Å². The molecule has 0 aliphatic carbocycles. The van der Waals surface area contributed by atoms with E-state index < -0.39 is 10.0 Å². The van der Waals surface area contributed by atoms with Gasteiger partial charge in [-0.2, -0.15) is 0 Å². The smallest absolute Gasteiger partial charge is 0.242 e. The number of nitrogens with zero attached hydrogens (tertiary/aromatic N) is 1. The van der Waals surface area contributed by atoms with Crippen molar-refractivity contribution in [3.63, 3.8) is 0 Å². The molecule has 17 heavy (non-hydrogen) atoms. The number of nitrogens with one attached hydrogen (secondary N) is 1. The number of pyridine rings is 1. The maximum absolute atomic E-state index is 11.8. The Morgan fingerprint density at radius 2 is 2.29 bits per heavy atom. The van der Waals surface area contributed by atoms with Gasteiger partial charge in [0, 0.05) is 23.4 Å². The van der Waals surface area contributed by atoms with Crippen molar-refractivity contribution in [2.75, 3.05) is 13.2 Å². The Bertz CT molecular complexity index is 476. The standard InChI is InChI=1S/C10H13BrN2O3S/c1-2-16-5-3-4-13-17(14,15)10-6-9(11)7-12-8-10/h2,6-8,13H,1,3-5H2. The molecule has 0 aliphatic heterocycles.